The number of nitrogens with two attached hydrogens (primary N) is 1. The minimum Gasteiger partial charge on any atom is -0.375 e. The van der Waals surface area contributed by atoms with E-state index >= 15 is 0 Å². The fourth-order valence-corrected chi connectivity index (χ4v) is 1.49. The maximum absolute atomic E-state index is 11.6. The Bertz CT molecular complexity index is 368. The Balaban J connectivity index is 2.16. The summed E-state index contributed by atoms with van der Waals surface area (Å²) < 4.78 is 5.43. The lowest BCUT2D eigenvalue weighted by molar-refractivity contribution is -0.123. The quantitative estimate of drug-likeness (QED) is 0.705. The van der Waals surface area contributed by atoms with Crippen molar-refractivity contribution in [3.8, 4) is 0 Å². The Kier molecular flexibility index (Phi) is 7.10. The third-order valence-corrected chi connectivity index (χ3v) is 2.60. The summed E-state index contributed by atoms with van der Waals surface area (Å²) in [7, 11) is 3.91. The van der Waals surface area contributed by atoms with E-state index in [1.54, 1.807) is 0 Å². The van der Waals surface area contributed by atoms with Gasteiger partial charge in [-0.1, -0.05) is 30.3 Å². The maximum Gasteiger partial charge on any atom is 0.239 e. The highest BCUT2D eigenvalue weighted by Gasteiger charge is 2.12. The van der Waals surface area contributed by atoms with Gasteiger partial charge in [0.25, 0.3) is 0 Å². The molecular weight excluding hydrogens is 242 g/mol. The van der Waals surface area contributed by atoms with Crippen molar-refractivity contribution in [1.82, 2.24) is 10.2 Å². The van der Waals surface area contributed by atoms with Crippen LogP contribution in [0.25, 0.3) is 0 Å². The zero-order valence-corrected chi connectivity index (χ0v) is 11.6. The van der Waals surface area contributed by atoms with E-state index in [1.165, 1.54) is 0 Å². The molecule has 106 valence electrons. The van der Waals surface area contributed by atoms with Crippen LogP contribution in [0.15, 0.2) is 30.3 Å². The van der Waals surface area contributed by atoms with Crippen LogP contribution >= 0.6 is 0 Å². The molecule has 0 aliphatic heterocycles. The van der Waals surface area contributed by atoms with E-state index in [9.17, 15) is 4.79 Å². The van der Waals surface area contributed by atoms with Crippen molar-refractivity contribution >= 4 is 5.91 Å². The average Bonchev–Trinajstić information content (AvgIpc) is 2.39. The Hall–Kier alpha value is -1.43. The van der Waals surface area contributed by atoms with Crippen molar-refractivity contribution in [2.45, 2.75) is 12.6 Å². The predicted octanol–water partition coefficient (Wildman–Crippen LogP) is 0.208. The highest BCUT2D eigenvalue weighted by Crippen LogP contribution is 2.00. The van der Waals surface area contributed by atoms with Gasteiger partial charge in [0, 0.05) is 13.1 Å². The summed E-state index contributed by atoms with van der Waals surface area (Å²) in [6.07, 6.45) is 0. The Morgan fingerprint density at radius 1 is 1.37 bits per heavy atom. The third-order valence-electron chi connectivity index (χ3n) is 2.60. The zero-order chi connectivity index (χ0) is 14.1. The van der Waals surface area contributed by atoms with Gasteiger partial charge in [-0.2, -0.15) is 0 Å². The molecule has 5 nitrogen and oxygen atoms in total. The fraction of sp³-hybridized carbons (Fsp3) is 0.500. The van der Waals surface area contributed by atoms with Crippen LogP contribution in [0, 0.1) is 0 Å². The van der Waals surface area contributed by atoms with Gasteiger partial charge in [0.2, 0.25) is 5.91 Å². The van der Waals surface area contributed by atoms with E-state index in [2.05, 4.69) is 5.32 Å². The second-order valence-electron chi connectivity index (χ2n) is 4.70. The number of benzene rings is 1. The van der Waals surface area contributed by atoms with E-state index in [4.69, 9.17) is 10.5 Å². The summed E-state index contributed by atoms with van der Waals surface area (Å²) in [5, 5.41) is 2.78. The average molecular weight is 265 g/mol. The van der Waals surface area contributed by atoms with Crippen molar-refractivity contribution in [3.05, 3.63) is 35.9 Å². The molecule has 5 heteroatoms. The molecule has 0 aliphatic rings. The van der Waals surface area contributed by atoms with Gasteiger partial charge < -0.3 is 20.7 Å². The molecule has 0 saturated heterocycles. The first-order valence-electron chi connectivity index (χ1n) is 6.39. The van der Waals surface area contributed by atoms with Crippen LogP contribution < -0.4 is 11.1 Å². The number of ether oxygens (including phenoxy) is 1. The molecule has 0 aliphatic carbocycles. The smallest absolute Gasteiger partial charge is 0.239 e. The lowest BCUT2D eigenvalue weighted by atomic mass is 10.2. The molecule has 0 bridgehead atoms. The van der Waals surface area contributed by atoms with Crippen LogP contribution in [0.4, 0.5) is 0 Å². The molecule has 0 heterocycles. The number of likely N-dealkylation sites (N-methyl/N-ethyl adjacent to an activating group) is 1. The van der Waals surface area contributed by atoms with Crippen molar-refractivity contribution in [2.75, 3.05) is 33.8 Å². The Morgan fingerprint density at radius 2 is 2.05 bits per heavy atom. The predicted molar refractivity (Wildman–Crippen MR) is 75.6 cm³/mol. The summed E-state index contributed by atoms with van der Waals surface area (Å²) in [5.41, 5.74) is 6.82. The summed E-state index contributed by atoms with van der Waals surface area (Å²) in [4.78, 5) is 13.6. The van der Waals surface area contributed by atoms with Crippen molar-refractivity contribution in [2.24, 2.45) is 5.73 Å². The topological polar surface area (TPSA) is 67.6 Å². The molecule has 1 aromatic rings. The van der Waals surface area contributed by atoms with Crippen LogP contribution in [0.3, 0.4) is 0 Å². The first kappa shape index (κ1) is 15.6. The zero-order valence-electron chi connectivity index (χ0n) is 11.6. The van der Waals surface area contributed by atoms with Gasteiger partial charge in [-0.15, -0.1) is 0 Å². The number of amides is 1. The highest BCUT2D eigenvalue weighted by atomic mass is 16.5. The molecular formula is C14H23N3O2. The largest absolute Gasteiger partial charge is 0.375 e. The number of carbonyl (C=O) groups excluding carboxylic acids is 1. The van der Waals surface area contributed by atoms with Gasteiger partial charge in [0.1, 0.15) is 6.04 Å². The molecule has 19 heavy (non-hydrogen) atoms. The van der Waals surface area contributed by atoms with Crippen LogP contribution in [0.2, 0.25) is 0 Å². The second kappa shape index (κ2) is 8.63. The molecule has 3 N–H and O–H groups in total. The molecule has 1 aromatic carbocycles. The van der Waals surface area contributed by atoms with E-state index < -0.39 is 6.04 Å². The van der Waals surface area contributed by atoms with Gasteiger partial charge in [-0.05, 0) is 19.7 Å². The molecule has 1 unspecified atom stereocenters. The molecule has 0 aromatic heterocycles. The molecule has 1 atom stereocenters. The molecule has 0 fully saturated rings. The van der Waals surface area contributed by atoms with Crippen LogP contribution in [0.1, 0.15) is 5.56 Å². The SMILES string of the molecule is CN(C)CCNC(=O)C(N)COCc1ccccc1. The van der Waals surface area contributed by atoms with Crippen molar-refractivity contribution in [3.63, 3.8) is 0 Å². The number of hydrogen-bond donors (Lipinski definition) is 2. The number of nitrogens with one attached hydrogen (secondary N) is 1. The first-order chi connectivity index (χ1) is 9.09. The Labute approximate surface area is 114 Å². The molecule has 0 saturated carbocycles. The second-order valence-corrected chi connectivity index (χ2v) is 4.70. The van der Waals surface area contributed by atoms with E-state index in [0.717, 1.165) is 12.1 Å². The minimum absolute atomic E-state index is 0.171. The van der Waals surface area contributed by atoms with Crippen LogP contribution in [-0.4, -0.2) is 50.6 Å². The summed E-state index contributed by atoms with van der Waals surface area (Å²) in [6, 6.07) is 9.18. The van der Waals surface area contributed by atoms with Crippen LogP contribution in [0.5, 0.6) is 0 Å². The lowest BCUT2D eigenvalue weighted by Gasteiger charge is -2.14. The lowest BCUT2D eigenvalue weighted by Crippen LogP contribution is -2.45. The van der Waals surface area contributed by atoms with Gasteiger partial charge in [-0.3, -0.25) is 4.79 Å². The van der Waals surface area contributed by atoms with Gasteiger partial charge >= 0.3 is 0 Å². The summed E-state index contributed by atoms with van der Waals surface area (Å²) in [5.74, 6) is -0.171. The number of carbonyl (C=O) groups is 1. The third kappa shape index (κ3) is 6.91. The number of rotatable bonds is 8. The van der Waals surface area contributed by atoms with E-state index in [1.807, 2.05) is 49.3 Å². The number of nitrogens with zero attached hydrogens (tertiary/aromatic N) is 1. The molecule has 0 spiro atoms. The van der Waals surface area contributed by atoms with Crippen molar-refractivity contribution in [1.29, 1.82) is 0 Å². The van der Waals surface area contributed by atoms with E-state index in [-0.39, 0.29) is 12.5 Å². The molecule has 0 radical (unpaired) electrons. The highest BCUT2D eigenvalue weighted by molar-refractivity contribution is 5.81. The summed E-state index contributed by atoms with van der Waals surface area (Å²) >= 11 is 0. The van der Waals surface area contributed by atoms with Gasteiger partial charge in [0.05, 0.1) is 13.2 Å². The normalized spacial score (nSPS) is 12.4. The monoisotopic (exact) mass is 265 g/mol. The van der Waals surface area contributed by atoms with Crippen LogP contribution in [-0.2, 0) is 16.1 Å². The minimum atomic E-state index is -0.620. The summed E-state index contributed by atoms with van der Waals surface area (Å²) in [6.45, 7) is 2.09. The molecule has 1 rings (SSSR count). The van der Waals surface area contributed by atoms with Crippen molar-refractivity contribution < 1.29 is 9.53 Å². The van der Waals surface area contributed by atoms with E-state index in [0.29, 0.717) is 13.2 Å². The van der Waals surface area contributed by atoms with Gasteiger partial charge in [-0.25, -0.2) is 0 Å². The number of hydrogen-bond acceptors (Lipinski definition) is 4. The Morgan fingerprint density at radius 3 is 2.68 bits per heavy atom. The van der Waals surface area contributed by atoms with Gasteiger partial charge in [0.15, 0.2) is 0 Å². The first-order valence-corrected chi connectivity index (χ1v) is 6.39. The fourth-order valence-electron chi connectivity index (χ4n) is 1.49. The standard InChI is InChI=1S/C14H23N3O2/c1-17(2)9-8-16-14(18)13(15)11-19-10-12-6-4-3-5-7-12/h3-7,13H,8-11,15H2,1-2H3,(H,16,18). The molecule has 1 amide bonds. The maximum atomic E-state index is 11.6.